The molecule has 1 N–H and O–H groups in total. The van der Waals surface area contributed by atoms with Gasteiger partial charge in [0.2, 0.25) is 0 Å². The first kappa shape index (κ1) is 29.4. The van der Waals surface area contributed by atoms with Crippen LogP contribution in [0.3, 0.4) is 0 Å². The first-order valence-corrected chi connectivity index (χ1v) is 16.6. The molecule has 5 heterocycles. The van der Waals surface area contributed by atoms with Crippen LogP contribution in [0.4, 0.5) is 23.4 Å². The highest BCUT2D eigenvalue weighted by atomic mass is 19.3. The molecule has 47 heavy (non-hydrogen) atoms. The zero-order valence-electron chi connectivity index (χ0n) is 26.0. The number of halogens is 4. The Morgan fingerprint density at radius 1 is 1.11 bits per heavy atom. The molecule has 3 aliphatic heterocycles. The van der Waals surface area contributed by atoms with Crippen LogP contribution in [0.5, 0.6) is 11.8 Å². The number of anilines is 1. The van der Waals surface area contributed by atoms with Crippen molar-refractivity contribution in [1.29, 1.82) is 0 Å². The quantitative estimate of drug-likeness (QED) is 0.241. The van der Waals surface area contributed by atoms with Gasteiger partial charge in [-0.3, -0.25) is 9.88 Å². The van der Waals surface area contributed by atoms with Crippen molar-refractivity contribution in [3.63, 3.8) is 0 Å². The molecule has 246 valence electrons. The minimum absolute atomic E-state index is 0.0132. The van der Waals surface area contributed by atoms with Crippen molar-refractivity contribution in [2.75, 3.05) is 37.7 Å². The molecule has 0 amide bonds. The number of aryl methyl sites for hydroxylation is 1. The summed E-state index contributed by atoms with van der Waals surface area (Å²) in [4.78, 5) is 18.2. The van der Waals surface area contributed by atoms with Crippen molar-refractivity contribution in [2.24, 2.45) is 5.41 Å². The number of aromatic hydroxyl groups is 1. The lowest BCUT2D eigenvalue weighted by Gasteiger charge is -2.31. The van der Waals surface area contributed by atoms with Crippen molar-refractivity contribution in [3.05, 3.63) is 47.7 Å². The van der Waals surface area contributed by atoms with Gasteiger partial charge in [-0.1, -0.05) is 13.0 Å². The van der Waals surface area contributed by atoms with E-state index >= 15 is 4.39 Å². The fourth-order valence-corrected chi connectivity index (χ4v) is 8.74. The normalized spacial score (nSPS) is 29.3. The number of nitrogens with zero attached hydrogens (tertiary/aromatic N) is 5. The largest absolute Gasteiger partial charge is 0.508 e. The average molecular weight is 650 g/mol. The van der Waals surface area contributed by atoms with Gasteiger partial charge in [-0.05, 0) is 79.6 Å². The van der Waals surface area contributed by atoms with Gasteiger partial charge in [0.15, 0.2) is 5.82 Å². The third-order valence-corrected chi connectivity index (χ3v) is 11.2. The van der Waals surface area contributed by atoms with Gasteiger partial charge in [-0.25, -0.2) is 17.6 Å². The number of hydrogen-bond acceptors (Lipinski definition) is 8. The Kier molecular flexibility index (Phi) is 6.32. The number of hydrogen-bond donors (Lipinski definition) is 1. The SMILES string of the molecule is CCc1c(F)ccc2cc(O)cc(-c3ncc4c(N5CCCOC6CC65)nc(OC[C@@]56CCCN5C[C@@]5(CC5(F)F)C6)nc4c3F)c12. The number of ether oxygens (including phenoxy) is 2. The molecule has 4 atom stereocenters. The summed E-state index contributed by atoms with van der Waals surface area (Å²) in [6, 6.07) is 5.86. The average Bonchev–Trinajstić information content (AvgIpc) is 3.83. The van der Waals surface area contributed by atoms with E-state index in [0.29, 0.717) is 60.1 Å². The van der Waals surface area contributed by atoms with Crippen LogP contribution in [0.25, 0.3) is 32.9 Å². The van der Waals surface area contributed by atoms with Crippen LogP contribution in [0.1, 0.15) is 51.0 Å². The molecule has 3 saturated heterocycles. The molecule has 9 rings (SSSR count). The number of benzene rings is 2. The molecule has 2 unspecified atom stereocenters. The highest BCUT2D eigenvalue weighted by Crippen LogP contribution is 2.69. The van der Waals surface area contributed by atoms with Gasteiger partial charge in [-0.15, -0.1) is 0 Å². The molecule has 1 spiro atoms. The third-order valence-electron chi connectivity index (χ3n) is 11.2. The zero-order valence-corrected chi connectivity index (χ0v) is 26.0. The van der Waals surface area contributed by atoms with Crippen LogP contribution < -0.4 is 9.64 Å². The Morgan fingerprint density at radius 3 is 2.77 bits per heavy atom. The molecule has 5 aliphatic rings. The van der Waals surface area contributed by atoms with Gasteiger partial charge in [0.25, 0.3) is 5.92 Å². The maximum atomic E-state index is 16.9. The molecule has 4 aromatic rings. The maximum Gasteiger partial charge on any atom is 0.319 e. The summed E-state index contributed by atoms with van der Waals surface area (Å²) >= 11 is 0. The smallest absolute Gasteiger partial charge is 0.319 e. The Balaban J connectivity index is 1.17. The number of phenolic OH excluding ortho intramolecular Hbond substituents is 1. The highest BCUT2D eigenvalue weighted by Gasteiger charge is 2.77. The Labute approximate surface area is 268 Å². The molecular weight excluding hydrogens is 614 g/mol. The fraction of sp³-hybridized carbons (Fsp3) is 0.514. The van der Waals surface area contributed by atoms with E-state index in [2.05, 4.69) is 19.8 Å². The van der Waals surface area contributed by atoms with Crippen LogP contribution in [0, 0.1) is 17.0 Å². The number of alkyl halides is 2. The van der Waals surface area contributed by atoms with Crippen molar-refractivity contribution < 1.29 is 32.1 Å². The van der Waals surface area contributed by atoms with E-state index in [-0.39, 0.29) is 53.7 Å². The van der Waals surface area contributed by atoms with Gasteiger partial charge in [0.05, 0.1) is 28.5 Å². The van der Waals surface area contributed by atoms with Gasteiger partial charge in [0, 0.05) is 37.9 Å². The van der Waals surface area contributed by atoms with Crippen LogP contribution in [-0.4, -0.2) is 81.4 Å². The Bertz CT molecular complexity index is 1960. The second kappa shape index (κ2) is 10.1. The lowest BCUT2D eigenvalue weighted by molar-refractivity contribution is 0.0647. The lowest BCUT2D eigenvalue weighted by atomic mass is 9.89. The number of aromatic nitrogens is 3. The molecule has 5 fully saturated rings. The molecule has 2 aromatic carbocycles. The molecule has 8 nitrogen and oxygen atoms in total. The Morgan fingerprint density at radius 2 is 1.96 bits per heavy atom. The summed E-state index contributed by atoms with van der Waals surface area (Å²) in [6.07, 6.45) is 5.42. The molecule has 0 radical (unpaired) electrons. The van der Waals surface area contributed by atoms with Crippen LogP contribution in [-0.2, 0) is 11.2 Å². The van der Waals surface area contributed by atoms with E-state index in [1.54, 1.807) is 6.07 Å². The van der Waals surface area contributed by atoms with Crippen molar-refractivity contribution in [1.82, 2.24) is 19.9 Å². The third kappa shape index (κ3) is 4.43. The minimum atomic E-state index is -2.66. The second-order valence-corrected chi connectivity index (χ2v) is 14.1. The number of phenols is 1. The molecule has 12 heteroatoms. The highest BCUT2D eigenvalue weighted by molar-refractivity contribution is 6.01. The van der Waals surface area contributed by atoms with Crippen molar-refractivity contribution >= 4 is 27.5 Å². The standard InChI is InChI=1S/C35H35F4N5O3/c1-2-21-24(36)6-5-19-11-20(45)12-22(27(19)21)29-28(37)30-23(14-40-29)31(44-9-4-10-46-26-13-25(26)44)42-32(41-30)47-18-34-7-3-8-43(34)17-33(15-34)16-35(33,38)39/h5-6,11-12,14,25-26,45H,2-4,7-10,13,15-18H2,1H3/t25?,26?,33-,34-/m0/s1. The van der Waals surface area contributed by atoms with Crippen LogP contribution in [0.15, 0.2) is 30.5 Å². The number of pyridine rings is 1. The number of rotatable bonds is 6. The van der Waals surface area contributed by atoms with E-state index < -0.39 is 28.5 Å². The predicted molar refractivity (Wildman–Crippen MR) is 167 cm³/mol. The number of fused-ring (bicyclic) bond motifs is 4. The molecule has 2 aromatic heterocycles. The van der Waals surface area contributed by atoms with Gasteiger partial charge >= 0.3 is 6.01 Å². The summed E-state index contributed by atoms with van der Waals surface area (Å²) in [5.41, 5.74) is -0.975. The molecular formula is C35H35F4N5O3. The van der Waals surface area contributed by atoms with Crippen molar-refractivity contribution in [2.45, 2.75) is 75.5 Å². The van der Waals surface area contributed by atoms with Crippen molar-refractivity contribution in [3.8, 4) is 23.0 Å². The van der Waals surface area contributed by atoms with E-state index in [1.165, 1.54) is 24.4 Å². The maximum absolute atomic E-state index is 16.9. The van der Waals surface area contributed by atoms with E-state index in [0.717, 1.165) is 32.2 Å². The fourth-order valence-electron chi connectivity index (χ4n) is 8.74. The van der Waals surface area contributed by atoms with E-state index in [4.69, 9.17) is 14.5 Å². The minimum Gasteiger partial charge on any atom is -0.508 e. The predicted octanol–water partition coefficient (Wildman–Crippen LogP) is 6.40. The van der Waals surface area contributed by atoms with Crippen LogP contribution >= 0.6 is 0 Å². The summed E-state index contributed by atoms with van der Waals surface area (Å²) in [5, 5.41) is 12.0. The topological polar surface area (TPSA) is 83.8 Å². The molecule has 0 bridgehead atoms. The van der Waals surface area contributed by atoms with E-state index in [9.17, 15) is 18.3 Å². The first-order chi connectivity index (χ1) is 22.6. The summed E-state index contributed by atoms with van der Waals surface area (Å²) in [6.45, 7) is 4.30. The zero-order chi connectivity index (χ0) is 32.3. The van der Waals surface area contributed by atoms with Gasteiger partial charge < -0.3 is 19.5 Å². The van der Waals surface area contributed by atoms with E-state index in [1.807, 2.05) is 6.92 Å². The van der Waals surface area contributed by atoms with Crippen LogP contribution in [0.2, 0.25) is 0 Å². The van der Waals surface area contributed by atoms with Gasteiger partial charge in [0.1, 0.15) is 35.2 Å². The Hall–Kier alpha value is -3.77. The first-order valence-electron chi connectivity index (χ1n) is 16.6. The monoisotopic (exact) mass is 649 g/mol. The molecule has 2 aliphatic carbocycles. The summed E-state index contributed by atoms with van der Waals surface area (Å²) < 4.78 is 73.0. The van der Waals surface area contributed by atoms with Gasteiger partial charge in [-0.2, -0.15) is 9.97 Å². The molecule has 2 saturated carbocycles. The summed E-state index contributed by atoms with van der Waals surface area (Å²) in [7, 11) is 0. The lowest BCUT2D eigenvalue weighted by Crippen LogP contribution is -2.43. The second-order valence-electron chi connectivity index (χ2n) is 14.1. The summed E-state index contributed by atoms with van der Waals surface area (Å²) in [5.74, 6) is -3.44.